The molecule has 0 aromatic carbocycles. The topological polar surface area (TPSA) is 67.5 Å². The Kier molecular flexibility index (Phi) is 11.2. The van der Waals surface area contributed by atoms with E-state index in [0.717, 1.165) is 45.4 Å². The normalized spacial score (nSPS) is 15.0. The Morgan fingerprint density at radius 1 is 1.38 bits per heavy atom. The third-order valence-corrected chi connectivity index (χ3v) is 2.93. The summed E-state index contributed by atoms with van der Waals surface area (Å²) in [5.74, 6) is 0.558. The average Bonchev–Trinajstić information content (AvgIpc) is 2.30. The second-order valence-electron chi connectivity index (χ2n) is 4.28. The van der Waals surface area contributed by atoms with Crippen molar-refractivity contribution in [1.82, 2.24) is 5.32 Å². The van der Waals surface area contributed by atoms with E-state index in [1.54, 1.807) is 7.11 Å². The third-order valence-electron chi connectivity index (χ3n) is 2.93. The van der Waals surface area contributed by atoms with Crippen molar-refractivity contribution in [3.63, 3.8) is 0 Å². The molecule has 0 aliphatic carbocycles. The first-order chi connectivity index (χ1) is 7.78. The van der Waals surface area contributed by atoms with Crippen molar-refractivity contribution >= 4 is 0 Å². The molecule has 2 unspecified atom stereocenters. The molecule has 0 aromatic rings. The summed E-state index contributed by atoms with van der Waals surface area (Å²) in [7, 11) is 1.72. The lowest BCUT2D eigenvalue weighted by Crippen LogP contribution is -2.37. The fraction of sp³-hybridized carbons (Fsp3) is 1.00. The molecule has 0 aliphatic rings. The SMILES string of the molecule is CCC(CCO)CNC(CCCN)COC. The lowest BCUT2D eigenvalue weighted by atomic mass is 10.0. The summed E-state index contributed by atoms with van der Waals surface area (Å²) in [6.07, 6.45) is 4.06. The highest BCUT2D eigenvalue weighted by molar-refractivity contribution is 4.69. The number of aliphatic hydroxyl groups excluding tert-OH is 1. The maximum absolute atomic E-state index is 8.91. The molecular formula is C12H28N2O2. The zero-order valence-corrected chi connectivity index (χ0v) is 10.7. The largest absolute Gasteiger partial charge is 0.396 e. The molecule has 0 spiro atoms. The highest BCUT2D eigenvalue weighted by Crippen LogP contribution is 2.07. The number of nitrogens with two attached hydrogens (primary N) is 1. The van der Waals surface area contributed by atoms with Gasteiger partial charge in [0, 0.05) is 19.8 Å². The minimum Gasteiger partial charge on any atom is -0.396 e. The van der Waals surface area contributed by atoms with Gasteiger partial charge in [-0.2, -0.15) is 0 Å². The van der Waals surface area contributed by atoms with Crippen molar-refractivity contribution in [1.29, 1.82) is 0 Å². The Labute approximate surface area is 99.6 Å². The van der Waals surface area contributed by atoms with E-state index in [9.17, 15) is 0 Å². The van der Waals surface area contributed by atoms with Crippen LogP contribution in [0, 0.1) is 5.92 Å². The summed E-state index contributed by atoms with van der Waals surface area (Å²) in [4.78, 5) is 0. The van der Waals surface area contributed by atoms with Crippen LogP contribution in [0.3, 0.4) is 0 Å². The van der Waals surface area contributed by atoms with Gasteiger partial charge in [0.25, 0.3) is 0 Å². The van der Waals surface area contributed by atoms with Crippen molar-refractivity contribution in [2.45, 2.75) is 38.6 Å². The Balaban J connectivity index is 3.78. The maximum atomic E-state index is 8.91. The zero-order chi connectivity index (χ0) is 12.2. The lowest BCUT2D eigenvalue weighted by Gasteiger charge is -2.21. The molecular weight excluding hydrogens is 204 g/mol. The second-order valence-corrected chi connectivity index (χ2v) is 4.28. The van der Waals surface area contributed by atoms with E-state index in [2.05, 4.69) is 12.2 Å². The first-order valence-electron chi connectivity index (χ1n) is 6.31. The highest BCUT2D eigenvalue weighted by atomic mass is 16.5. The van der Waals surface area contributed by atoms with E-state index >= 15 is 0 Å². The smallest absolute Gasteiger partial charge is 0.0615 e. The molecule has 0 bridgehead atoms. The second kappa shape index (κ2) is 11.3. The zero-order valence-electron chi connectivity index (χ0n) is 10.7. The molecule has 4 heteroatoms. The molecule has 0 radical (unpaired) electrons. The van der Waals surface area contributed by atoms with Gasteiger partial charge in [-0.1, -0.05) is 13.3 Å². The van der Waals surface area contributed by atoms with Crippen LogP contribution in [0.25, 0.3) is 0 Å². The fourth-order valence-electron chi connectivity index (χ4n) is 1.78. The van der Waals surface area contributed by atoms with Crippen LogP contribution < -0.4 is 11.1 Å². The van der Waals surface area contributed by atoms with Gasteiger partial charge in [0.2, 0.25) is 0 Å². The van der Waals surface area contributed by atoms with Gasteiger partial charge in [-0.3, -0.25) is 0 Å². The molecule has 0 saturated heterocycles. The number of ether oxygens (including phenoxy) is 1. The van der Waals surface area contributed by atoms with E-state index < -0.39 is 0 Å². The van der Waals surface area contributed by atoms with Gasteiger partial charge in [-0.25, -0.2) is 0 Å². The van der Waals surface area contributed by atoms with E-state index in [-0.39, 0.29) is 6.61 Å². The van der Waals surface area contributed by atoms with Crippen LogP contribution in [0.5, 0.6) is 0 Å². The van der Waals surface area contributed by atoms with Crippen molar-refractivity contribution in [3.05, 3.63) is 0 Å². The van der Waals surface area contributed by atoms with Crippen LogP contribution in [0.2, 0.25) is 0 Å². The average molecular weight is 232 g/mol. The molecule has 2 atom stereocenters. The van der Waals surface area contributed by atoms with Crippen molar-refractivity contribution in [2.24, 2.45) is 11.7 Å². The fourth-order valence-corrected chi connectivity index (χ4v) is 1.78. The molecule has 0 fully saturated rings. The first kappa shape index (κ1) is 15.8. The summed E-state index contributed by atoms with van der Waals surface area (Å²) in [5, 5.41) is 12.4. The Bertz CT molecular complexity index is 145. The van der Waals surface area contributed by atoms with Gasteiger partial charge in [0.1, 0.15) is 0 Å². The summed E-state index contributed by atoms with van der Waals surface area (Å²) >= 11 is 0. The van der Waals surface area contributed by atoms with E-state index in [0.29, 0.717) is 12.0 Å². The minimum atomic E-state index is 0.276. The molecule has 0 heterocycles. The number of hydrogen-bond donors (Lipinski definition) is 3. The van der Waals surface area contributed by atoms with Gasteiger partial charge in [-0.05, 0) is 38.3 Å². The molecule has 4 nitrogen and oxygen atoms in total. The summed E-state index contributed by atoms with van der Waals surface area (Å²) < 4.78 is 5.17. The Morgan fingerprint density at radius 2 is 2.12 bits per heavy atom. The van der Waals surface area contributed by atoms with E-state index in [4.69, 9.17) is 15.6 Å². The molecule has 98 valence electrons. The number of aliphatic hydroxyl groups is 1. The van der Waals surface area contributed by atoms with Crippen LogP contribution in [-0.4, -0.2) is 44.6 Å². The number of nitrogens with one attached hydrogen (secondary N) is 1. The number of methoxy groups -OCH3 is 1. The summed E-state index contributed by atoms with van der Waals surface area (Å²) in [6.45, 7) is 4.85. The van der Waals surface area contributed by atoms with E-state index in [1.165, 1.54) is 0 Å². The number of rotatable bonds is 11. The van der Waals surface area contributed by atoms with Crippen LogP contribution in [-0.2, 0) is 4.74 Å². The molecule has 16 heavy (non-hydrogen) atoms. The van der Waals surface area contributed by atoms with Gasteiger partial charge in [-0.15, -0.1) is 0 Å². The monoisotopic (exact) mass is 232 g/mol. The molecule has 0 aliphatic heterocycles. The summed E-state index contributed by atoms with van der Waals surface area (Å²) in [5.41, 5.74) is 5.50. The first-order valence-corrected chi connectivity index (χ1v) is 6.31. The Hall–Kier alpha value is -0.160. The molecule has 0 amide bonds. The quantitative estimate of drug-likeness (QED) is 0.491. The van der Waals surface area contributed by atoms with Gasteiger partial charge < -0.3 is 20.9 Å². The van der Waals surface area contributed by atoms with Gasteiger partial charge in [0.05, 0.1) is 6.61 Å². The summed E-state index contributed by atoms with van der Waals surface area (Å²) in [6, 6.07) is 0.390. The maximum Gasteiger partial charge on any atom is 0.0615 e. The van der Waals surface area contributed by atoms with Crippen molar-refractivity contribution < 1.29 is 9.84 Å². The standard InChI is InChI=1S/C12H28N2O2/c1-3-11(6-8-15)9-14-12(10-16-2)5-4-7-13/h11-12,14-15H,3-10,13H2,1-2H3. The van der Waals surface area contributed by atoms with Gasteiger partial charge >= 0.3 is 0 Å². The van der Waals surface area contributed by atoms with Crippen molar-refractivity contribution in [3.8, 4) is 0 Å². The van der Waals surface area contributed by atoms with Gasteiger partial charge in [0.15, 0.2) is 0 Å². The van der Waals surface area contributed by atoms with E-state index in [1.807, 2.05) is 0 Å². The molecule has 4 N–H and O–H groups in total. The van der Waals surface area contributed by atoms with Crippen molar-refractivity contribution in [2.75, 3.05) is 33.4 Å². The molecule has 0 rings (SSSR count). The highest BCUT2D eigenvalue weighted by Gasteiger charge is 2.11. The minimum absolute atomic E-state index is 0.276. The molecule has 0 saturated carbocycles. The van der Waals surface area contributed by atoms with Crippen LogP contribution in [0.4, 0.5) is 0 Å². The third kappa shape index (κ3) is 8.05. The van der Waals surface area contributed by atoms with Crippen LogP contribution >= 0.6 is 0 Å². The number of hydrogen-bond acceptors (Lipinski definition) is 4. The Morgan fingerprint density at radius 3 is 2.62 bits per heavy atom. The van der Waals surface area contributed by atoms with Crippen LogP contribution in [0.1, 0.15) is 32.6 Å². The van der Waals surface area contributed by atoms with Crippen LogP contribution in [0.15, 0.2) is 0 Å². The predicted molar refractivity (Wildman–Crippen MR) is 67.4 cm³/mol. The lowest BCUT2D eigenvalue weighted by molar-refractivity contribution is 0.156. The predicted octanol–water partition coefficient (Wildman–Crippen LogP) is 0.739. The molecule has 0 aromatic heterocycles.